The van der Waals surface area contributed by atoms with Crippen molar-refractivity contribution in [3.05, 3.63) is 24.1 Å². The third-order valence-corrected chi connectivity index (χ3v) is 8.18. The normalized spacial score (nSPS) is 26.1. The number of hydroxylamine groups is 1. The molecule has 3 amide bonds. The molecule has 0 unspecified atom stereocenters. The maximum atomic E-state index is 13.9. The molecule has 1 aromatic heterocycles. The molecule has 1 atom stereocenters. The third-order valence-electron chi connectivity index (χ3n) is 8.18. The van der Waals surface area contributed by atoms with E-state index in [1.807, 2.05) is 0 Å². The Morgan fingerprint density at radius 1 is 1.12 bits per heavy atom. The van der Waals surface area contributed by atoms with Crippen molar-refractivity contribution in [3.63, 3.8) is 0 Å². The topological polar surface area (TPSA) is 112 Å². The number of likely N-dealkylation sites (tertiary alicyclic amines) is 1. The number of aromatic nitrogens is 1. The largest absolute Gasteiger partial charge is 0.330 e. The molecule has 4 aliphatic rings. The Labute approximate surface area is 185 Å². The Bertz CT molecular complexity index is 932. The van der Waals surface area contributed by atoms with E-state index in [0.29, 0.717) is 25.8 Å². The maximum absolute atomic E-state index is 13.9. The van der Waals surface area contributed by atoms with Gasteiger partial charge in [0.1, 0.15) is 17.7 Å². The predicted octanol–water partition coefficient (Wildman–Crippen LogP) is 2.78. The molecule has 5 rings (SSSR count). The number of carbonyl (C=O) groups excluding carboxylic acids is 3. The first kappa shape index (κ1) is 21.3. The minimum absolute atomic E-state index is 0.0247. The van der Waals surface area contributed by atoms with Gasteiger partial charge in [-0.3, -0.25) is 19.6 Å². The highest BCUT2D eigenvalue weighted by molar-refractivity contribution is 5.99. The van der Waals surface area contributed by atoms with Gasteiger partial charge in [-0.2, -0.15) is 0 Å². The van der Waals surface area contributed by atoms with Gasteiger partial charge in [0.05, 0.1) is 11.6 Å². The first-order valence-electron chi connectivity index (χ1n) is 11.4. The van der Waals surface area contributed by atoms with Crippen LogP contribution in [0.5, 0.6) is 0 Å². The van der Waals surface area contributed by atoms with Crippen LogP contribution in [0.3, 0.4) is 0 Å². The van der Waals surface area contributed by atoms with E-state index in [1.54, 1.807) is 10.4 Å². The Morgan fingerprint density at radius 3 is 2.44 bits per heavy atom. The lowest BCUT2D eigenvalue weighted by atomic mass is 9.50. The quantitative estimate of drug-likeness (QED) is 0.478. The molecule has 0 bridgehead atoms. The number of carbonyl (C=O) groups is 3. The van der Waals surface area contributed by atoms with Crippen molar-refractivity contribution >= 4 is 23.5 Å². The highest BCUT2D eigenvalue weighted by Gasteiger charge is 2.64. The molecule has 2 spiro atoms. The first-order valence-corrected chi connectivity index (χ1v) is 11.4. The Morgan fingerprint density at radius 2 is 1.84 bits per heavy atom. The van der Waals surface area contributed by atoms with E-state index in [4.69, 9.17) is 5.21 Å². The van der Waals surface area contributed by atoms with E-state index in [9.17, 15) is 18.8 Å². The number of nitrogens with zero attached hydrogens (tertiary/aromatic N) is 2. The number of anilines is 1. The van der Waals surface area contributed by atoms with Gasteiger partial charge < -0.3 is 10.2 Å². The fourth-order valence-corrected chi connectivity index (χ4v) is 6.57. The smallest absolute Gasteiger partial charge is 0.248 e. The Kier molecular flexibility index (Phi) is 5.00. The summed E-state index contributed by atoms with van der Waals surface area (Å²) in [6.07, 6.45) is 9.16. The lowest BCUT2D eigenvalue weighted by molar-refractivity contribution is -0.166. The van der Waals surface area contributed by atoms with Crippen molar-refractivity contribution in [3.8, 4) is 0 Å². The first-order chi connectivity index (χ1) is 15.3. The van der Waals surface area contributed by atoms with Gasteiger partial charge >= 0.3 is 0 Å². The Hall–Kier alpha value is -2.55. The molecule has 4 fully saturated rings. The average molecular weight is 445 g/mol. The van der Waals surface area contributed by atoms with Gasteiger partial charge in [-0.05, 0) is 67.9 Å². The molecule has 3 aliphatic carbocycles. The van der Waals surface area contributed by atoms with Gasteiger partial charge in [-0.25, -0.2) is 14.9 Å². The zero-order valence-corrected chi connectivity index (χ0v) is 18.0. The van der Waals surface area contributed by atoms with Crippen molar-refractivity contribution in [2.45, 2.75) is 70.3 Å². The lowest BCUT2D eigenvalue weighted by Gasteiger charge is -2.55. The number of pyridine rings is 1. The van der Waals surface area contributed by atoms with Crippen LogP contribution in [0.1, 0.15) is 64.2 Å². The molecule has 32 heavy (non-hydrogen) atoms. The van der Waals surface area contributed by atoms with Crippen LogP contribution in [0.4, 0.5) is 10.2 Å². The molecule has 0 aromatic carbocycles. The highest BCUT2D eigenvalue weighted by atomic mass is 19.1. The molecule has 172 valence electrons. The summed E-state index contributed by atoms with van der Waals surface area (Å²) >= 11 is 0. The van der Waals surface area contributed by atoms with Gasteiger partial charge in [-0.15, -0.1) is 0 Å². The predicted molar refractivity (Wildman–Crippen MR) is 112 cm³/mol. The number of amides is 3. The summed E-state index contributed by atoms with van der Waals surface area (Å²) in [5.41, 5.74) is 0.899. The molecule has 2 heterocycles. The summed E-state index contributed by atoms with van der Waals surface area (Å²) in [5, 5.41) is 11.8. The number of hydrogen-bond donors (Lipinski definition) is 3. The molecule has 3 saturated carbocycles. The van der Waals surface area contributed by atoms with Crippen LogP contribution < -0.4 is 10.8 Å². The second-order valence-corrected chi connectivity index (χ2v) is 10.6. The van der Waals surface area contributed by atoms with E-state index < -0.39 is 23.2 Å². The minimum Gasteiger partial charge on any atom is -0.330 e. The summed E-state index contributed by atoms with van der Waals surface area (Å²) in [7, 11) is 0. The van der Waals surface area contributed by atoms with Crippen molar-refractivity contribution in [2.75, 3.05) is 11.9 Å². The second kappa shape index (κ2) is 7.50. The minimum atomic E-state index is -0.871. The molecule has 8 nitrogen and oxygen atoms in total. The van der Waals surface area contributed by atoms with Crippen LogP contribution in [0.15, 0.2) is 18.3 Å². The fourth-order valence-electron chi connectivity index (χ4n) is 6.57. The maximum Gasteiger partial charge on any atom is 0.248 e. The van der Waals surface area contributed by atoms with E-state index in [1.165, 1.54) is 12.1 Å². The summed E-state index contributed by atoms with van der Waals surface area (Å²) in [4.78, 5) is 44.7. The molecular formula is C23H29FN4O4. The van der Waals surface area contributed by atoms with Crippen LogP contribution in [-0.2, 0) is 14.4 Å². The van der Waals surface area contributed by atoms with Gasteiger partial charge in [0, 0.05) is 13.0 Å². The molecule has 3 N–H and O–H groups in total. The average Bonchev–Trinajstić information content (AvgIpc) is 3.16. The highest BCUT2D eigenvalue weighted by Crippen LogP contribution is 2.65. The Balaban J connectivity index is 1.37. The molecule has 1 aromatic rings. The lowest BCUT2D eigenvalue weighted by Crippen LogP contribution is -2.58. The molecule has 9 heteroatoms. The molecule has 1 aliphatic heterocycles. The van der Waals surface area contributed by atoms with Crippen molar-refractivity contribution < 1.29 is 24.0 Å². The fraction of sp³-hybridized carbons (Fsp3) is 0.652. The summed E-state index contributed by atoms with van der Waals surface area (Å²) in [6.45, 7) is 0.510. The van der Waals surface area contributed by atoms with E-state index >= 15 is 0 Å². The molecule has 1 saturated heterocycles. The van der Waals surface area contributed by atoms with E-state index in [-0.39, 0.29) is 34.9 Å². The van der Waals surface area contributed by atoms with Crippen molar-refractivity contribution in [1.82, 2.24) is 15.4 Å². The molecular weight excluding hydrogens is 415 g/mol. The standard InChI is InChI=1S/C23H29FN4O4/c24-15-3-4-17(25-11-15)26-19(30)16-9-21(7-8-21)14-28(16)20(31)23(10-18(29)27-32)12-22(13-23)5-1-2-6-22/h3-4,11,16,32H,1-2,5-10,12-14H2,(H,27,29)(H,25,26,30)/t16-/m0/s1. The summed E-state index contributed by atoms with van der Waals surface area (Å²) in [6, 6.07) is 1.97. The number of nitrogens with one attached hydrogen (secondary N) is 2. The van der Waals surface area contributed by atoms with E-state index in [0.717, 1.165) is 44.7 Å². The van der Waals surface area contributed by atoms with Crippen molar-refractivity contribution in [1.29, 1.82) is 0 Å². The van der Waals surface area contributed by atoms with Crippen LogP contribution in [-0.4, -0.2) is 45.4 Å². The van der Waals surface area contributed by atoms with Crippen LogP contribution in [0.2, 0.25) is 0 Å². The van der Waals surface area contributed by atoms with Gasteiger partial charge in [-0.1, -0.05) is 12.8 Å². The zero-order chi connectivity index (χ0) is 22.6. The summed E-state index contributed by atoms with van der Waals surface area (Å²) < 4.78 is 13.2. The molecule has 0 radical (unpaired) electrons. The second-order valence-electron chi connectivity index (χ2n) is 10.6. The van der Waals surface area contributed by atoms with Crippen LogP contribution >= 0.6 is 0 Å². The van der Waals surface area contributed by atoms with Gasteiger partial charge in [0.2, 0.25) is 17.7 Å². The SMILES string of the molecule is O=C(CC1(C(=O)N2CC3(CC3)C[C@H]2C(=O)Nc2ccc(F)cn2)CC2(CCCC2)C1)NO. The van der Waals surface area contributed by atoms with Gasteiger partial charge in [0.25, 0.3) is 0 Å². The van der Waals surface area contributed by atoms with Crippen molar-refractivity contribution in [2.24, 2.45) is 16.2 Å². The van der Waals surface area contributed by atoms with E-state index in [2.05, 4.69) is 10.3 Å². The monoisotopic (exact) mass is 444 g/mol. The number of halogens is 1. The zero-order valence-electron chi connectivity index (χ0n) is 18.0. The van der Waals surface area contributed by atoms with Gasteiger partial charge in [0.15, 0.2) is 0 Å². The third kappa shape index (κ3) is 3.66. The number of rotatable bonds is 5. The van der Waals surface area contributed by atoms with Crippen LogP contribution in [0.25, 0.3) is 0 Å². The number of hydrogen-bond acceptors (Lipinski definition) is 5. The van der Waals surface area contributed by atoms with Crippen LogP contribution in [0, 0.1) is 22.1 Å². The summed E-state index contributed by atoms with van der Waals surface area (Å²) in [5.74, 6) is -1.31.